The molecule has 1 aliphatic heterocycles. The van der Waals surface area contributed by atoms with E-state index in [2.05, 4.69) is 11.4 Å². The lowest BCUT2D eigenvalue weighted by Gasteiger charge is -2.27. The van der Waals surface area contributed by atoms with Gasteiger partial charge >= 0.3 is 0 Å². The summed E-state index contributed by atoms with van der Waals surface area (Å²) in [5.74, 6) is 2.72. The Hall–Kier alpha value is -2.00. The summed E-state index contributed by atoms with van der Waals surface area (Å²) in [6.45, 7) is 0.788. The minimum absolute atomic E-state index is 0.389. The maximum absolute atomic E-state index is 5.93. The van der Waals surface area contributed by atoms with E-state index in [1.165, 1.54) is 18.4 Å². The van der Waals surface area contributed by atoms with Gasteiger partial charge in [0.05, 0.1) is 6.61 Å². The molecule has 3 nitrogen and oxygen atoms in total. The predicted octanol–water partition coefficient (Wildman–Crippen LogP) is 4.05. The lowest BCUT2D eigenvalue weighted by atomic mass is 10.00. The maximum Gasteiger partial charge on any atom is 0.128 e. The Bertz CT molecular complexity index is 622. The van der Waals surface area contributed by atoms with Crippen LogP contribution in [0.3, 0.4) is 0 Å². The molecule has 4 rings (SSSR count). The molecule has 21 heavy (non-hydrogen) atoms. The molecule has 2 aromatic carbocycles. The van der Waals surface area contributed by atoms with Crippen LogP contribution in [-0.4, -0.2) is 12.6 Å². The second-order valence-corrected chi connectivity index (χ2v) is 5.75. The first-order chi connectivity index (χ1) is 10.4. The summed E-state index contributed by atoms with van der Waals surface area (Å²) in [6.07, 6.45) is 3.62. The van der Waals surface area contributed by atoms with Crippen LogP contribution in [0, 0.1) is 0 Å². The minimum Gasteiger partial charge on any atom is -0.493 e. The molecule has 1 saturated carbocycles. The van der Waals surface area contributed by atoms with Crippen molar-refractivity contribution in [3.8, 4) is 17.2 Å². The van der Waals surface area contributed by atoms with Crippen molar-refractivity contribution in [3.05, 3.63) is 54.1 Å². The average Bonchev–Trinajstić information content (AvgIpc) is 3.33. The SMILES string of the molecule is c1ccc(Oc2ccc3c(c2)C(NC2CC2)CCO3)cc1. The molecule has 2 aromatic rings. The number of para-hydroxylation sites is 1. The number of nitrogens with one attached hydrogen (secondary N) is 1. The van der Waals surface area contributed by atoms with E-state index >= 15 is 0 Å². The summed E-state index contributed by atoms with van der Waals surface area (Å²) in [4.78, 5) is 0. The lowest BCUT2D eigenvalue weighted by Crippen LogP contribution is -2.28. The fourth-order valence-electron chi connectivity index (χ4n) is 2.77. The van der Waals surface area contributed by atoms with E-state index in [4.69, 9.17) is 9.47 Å². The third-order valence-electron chi connectivity index (χ3n) is 4.01. The smallest absolute Gasteiger partial charge is 0.128 e. The van der Waals surface area contributed by atoms with Gasteiger partial charge in [-0.2, -0.15) is 0 Å². The van der Waals surface area contributed by atoms with Gasteiger partial charge in [-0.1, -0.05) is 18.2 Å². The van der Waals surface area contributed by atoms with Crippen molar-refractivity contribution in [2.45, 2.75) is 31.3 Å². The molecule has 2 aliphatic rings. The van der Waals surface area contributed by atoms with Crippen LogP contribution in [0.2, 0.25) is 0 Å². The van der Waals surface area contributed by atoms with Crippen LogP contribution >= 0.6 is 0 Å². The highest BCUT2D eigenvalue weighted by Gasteiger charge is 2.29. The molecule has 1 atom stereocenters. The van der Waals surface area contributed by atoms with Gasteiger partial charge in [0.1, 0.15) is 17.2 Å². The predicted molar refractivity (Wildman–Crippen MR) is 82.0 cm³/mol. The quantitative estimate of drug-likeness (QED) is 0.917. The van der Waals surface area contributed by atoms with Crippen molar-refractivity contribution in [2.24, 2.45) is 0 Å². The molecule has 0 spiro atoms. The molecule has 108 valence electrons. The van der Waals surface area contributed by atoms with Gasteiger partial charge < -0.3 is 14.8 Å². The van der Waals surface area contributed by atoms with Crippen molar-refractivity contribution < 1.29 is 9.47 Å². The second kappa shape index (κ2) is 5.41. The summed E-state index contributed by atoms with van der Waals surface area (Å²) in [7, 11) is 0. The van der Waals surface area contributed by atoms with Gasteiger partial charge in [-0.05, 0) is 43.2 Å². The topological polar surface area (TPSA) is 30.5 Å². The van der Waals surface area contributed by atoms with Gasteiger partial charge in [-0.15, -0.1) is 0 Å². The van der Waals surface area contributed by atoms with Crippen LogP contribution < -0.4 is 14.8 Å². The number of fused-ring (bicyclic) bond motifs is 1. The highest BCUT2D eigenvalue weighted by Crippen LogP contribution is 2.37. The van der Waals surface area contributed by atoms with Crippen LogP contribution in [0.4, 0.5) is 0 Å². The van der Waals surface area contributed by atoms with E-state index in [1.54, 1.807) is 0 Å². The molecule has 3 heteroatoms. The lowest BCUT2D eigenvalue weighted by molar-refractivity contribution is 0.251. The Morgan fingerprint density at radius 3 is 2.62 bits per heavy atom. The zero-order valence-corrected chi connectivity index (χ0v) is 11.9. The number of rotatable bonds is 4. The Morgan fingerprint density at radius 1 is 0.952 bits per heavy atom. The fraction of sp³-hybridized carbons (Fsp3) is 0.333. The molecule has 0 saturated heterocycles. The van der Waals surface area contributed by atoms with Crippen molar-refractivity contribution in [1.82, 2.24) is 5.32 Å². The number of hydrogen-bond donors (Lipinski definition) is 1. The summed E-state index contributed by atoms with van der Waals surface area (Å²) in [5.41, 5.74) is 1.22. The van der Waals surface area contributed by atoms with Crippen molar-refractivity contribution in [1.29, 1.82) is 0 Å². The molecule has 1 N–H and O–H groups in total. The first kappa shape index (κ1) is 12.7. The number of benzene rings is 2. The first-order valence-corrected chi connectivity index (χ1v) is 7.64. The van der Waals surface area contributed by atoms with E-state index in [-0.39, 0.29) is 0 Å². The molecule has 1 heterocycles. The van der Waals surface area contributed by atoms with E-state index < -0.39 is 0 Å². The Labute approximate surface area is 124 Å². The molecule has 0 bridgehead atoms. The molecule has 1 unspecified atom stereocenters. The van der Waals surface area contributed by atoms with Gasteiger partial charge in [-0.3, -0.25) is 0 Å². The monoisotopic (exact) mass is 281 g/mol. The van der Waals surface area contributed by atoms with Crippen LogP contribution in [0.15, 0.2) is 48.5 Å². The van der Waals surface area contributed by atoms with Crippen molar-refractivity contribution in [3.63, 3.8) is 0 Å². The number of ether oxygens (including phenoxy) is 2. The largest absolute Gasteiger partial charge is 0.493 e. The van der Waals surface area contributed by atoms with Gasteiger partial charge in [0.2, 0.25) is 0 Å². The first-order valence-electron chi connectivity index (χ1n) is 7.64. The molecule has 0 amide bonds. The highest BCUT2D eigenvalue weighted by molar-refractivity contribution is 5.45. The van der Waals surface area contributed by atoms with Crippen LogP contribution in [-0.2, 0) is 0 Å². The summed E-state index contributed by atoms with van der Waals surface area (Å²) in [5, 5.41) is 3.70. The van der Waals surface area contributed by atoms with Gasteiger partial charge in [0.25, 0.3) is 0 Å². The van der Waals surface area contributed by atoms with E-state index in [9.17, 15) is 0 Å². The number of hydrogen-bond acceptors (Lipinski definition) is 3. The normalized spacial score (nSPS) is 20.5. The Balaban J connectivity index is 1.59. The summed E-state index contributed by atoms with van der Waals surface area (Å²) < 4.78 is 11.7. The van der Waals surface area contributed by atoms with Crippen molar-refractivity contribution >= 4 is 0 Å². The minimum atomic E-state index is 0.389. The van der Waals surface area contributed by atoms with E-state index in [1.807, 2.05) is 42.5 Å². The molecular formula is C18H19NO2. The zero-order chi connectivity index (χ0) is 14.1. The van der Waals surface area contributed by atoms with E-state index in [0.29, 0.717) is 12.1 Å². The zero-order valence-electron chi connectivity index (χ0n) is 11.9. The van der Waals surface area contributed by atoms with Gasteiger partial charge in [0.15, 0.2) is 0 Å². The Kier molecular flexibility index (Phi) is 3.28. The molecular weight excluding hydrogens is 262 g/mol. The summed E-state index contributed by atoms with van der Waals surface area (Å²) >= 11 is 0. The third kappa shape index (κ3) is 2.88. The average molecular weight is 281 g/mol. The second-order valence-electron chi connectivity index (χ2n) is 5.75. The molecule has 1 aliphatic carbocycles. The fourth-order valence-corrected chi connectivity index (χ4v) is 2.77. The van der Waals surface area contributed by atoms with Crippen LogP contribution in [0.1, 0.15) is 30.9 Å². The van der Waals surface area contributed by atoms with Gasteiger partial charge in [-0.25, -0.2) is 0 Å². The van der Waals surface area contributed by atoms with Gasteiger partial charge in [0, 0.05) is 24.1 Å². The summed E-state index contributed by atoms with van der Waals surface area (Å²) in [6, 6.07) is 17.1. The molecule has 1 fully saturated rings. The highest BCUT2D eigenvalue weighted by atomic mass is 16.5. The van der Waals surface area contributed by atoms with Crippen LogP contribution in [0.25, 0.3) is 0 Å². The third-order valence-corrected chi connectivity index (χ3v) is 4.01. The maximum atomic E-state index is 5.93. The molecule has 0 radical (unpaired) electrons. The van der Waals surface area contributed by atoms with E-state index in [0.717, 1.165) is 30.3 Å². The van der Waals surface area contributed by atoms with Crippen molar-refractivity contribution in [2.75, 3.05) is 6.61 Å². The van der Waals surface area contributed by atoms with Crippen LogP contribution in [0.5, 0.6) is 17.2 Å². The standard InChI is InChI=1S/C18H19NO2/c1-2-4-14(5-3-1)21-15-8-9-18-16(12-15)17(10-11-20-18)19-13-6-7-13/h1-5,8-9,12-13,17,19H,6-7,10-11H2. The molecule has 0 aromatic heterocycles. The Morgan fingerprint density at radius 2 is 1.81 bits per heavy atom.